The molecule has 0 radical (unpaired) electrons. The summed E-state index contributed by atoms with van der Waals surface area (Å²) in [5.74, 6) is -0.748. The summed E-state index contributed by atoms with van der Waals surface area (Å²) in [5.41, 5.74) is 3.64. The molecule has 0 amide bonds. The van der Waals surface area contributed by atoms with Crippen LogP contribution in [-0.2, 0) is 4.79 Å². The lowest BCUT2D eigenvalue weighted by molar-refractivity contribution is -0.137. The van der Waals surface area contributed by atoms with Gasteiger partial charge in [-0.3, -0.25) is 4.79 Å². The molecule has 0 bridgehead atoms. The van der Waals surface area contributed by atoms with Crippen LogP contribution >= 0.6 is 0 Å². The largest absolute Gasteiger partial charge is 0.481 e. The fourth-order valence-electron chi connectivity index (χ4n) is 3.40. The van der Waals surface area contributed by atoms with E-state index in [2.05, 4.69) is 31.7 Å². The van der Waals surface area contributed by atoms with Gasteiger partial charge in [-0.15, -0.1) is 0 Å². The number of fused-ring (bicyclic) bond motifs is 2. The Labute approximate surface area is 136 Å². The van der Waals surface area contributed by atoms with E-state index in [4.69, 9.17) is 15.5 Å². The predicted octanol–water partition coefficient (Wildman–Crippen LogP) is 3.29. The van der Waals surface area contributed by atoms with Gasteiger partial charge in [0.2, 0.25) is 0 Å². The molecule has 1 atom stereocenters. The van der Waals surface area contributed by atoms with Gasteiger partial charge in [0.05, 0.1) is 17.1 Å². The number of allylic oxidation sites excluding steroid dienone is 4. The van der Waals surface area contributed by atoms with Gasteiger partial charge < -0.3 is 10.5 Å². The number of carboxylic acids is 1. The van der Waals surface area contributed by atoms with Gasteiger partial charge in [0.1, 0.15) is 8.07 Å². The first-order chi connectivity index (χ1) is 10.9. The quantitative estimate of drug-likeness (QED) is 0.659. The fourth-order valence-corrected chi connectivity index (χ4v) is 7.54. The molecule has 3 rings (SSSR count). The maximum atomic E-state index is 10.9. The van der Waals surface area contributed by atoms with Crippen LogP contribution in [-0.4, -0.2) is 30.6 Å². The molecule has 2 aliphatic rings. The third kappa shape index (κ3) is 2.84. The van der Waals surface area contributed by atoms with E-state index in [9.17, 15) is 4.79 Å². The average Bonchev–Trinajstić information content (AvgIpc) is 2.49. The lowest BCUT2D eigenvalue weighted by Gasteiger charge is -2.36. The van der Waals surface area contributed by atoms with E-state index in [1.54, 1.807) is 6.08 Å². The Bertz CT molecular complexity index is 792. The van der Waals surface area contributed by atoms with Gasteiger partial charge in [-0.25, -0.2) is 4.99 Å². The Morgan fingerprint density at radius 2 is 2.13 bits per heavy atom. The van der Waals surface area contributed by atoms with Gasteiger partial charge in [-0.1, -0.05) is 24.2 Å². The van der Waals surface area contributed by atoms with E-state index in [1.165, 1.54) is 10.8 Å². The van der Waals surface area contributed by atoms with Crippen molar-refractivity contribution in [2.75, 3.05) is 0 Å². The fraction of sp³-hybridized carbons (Fsp3) is 0.278. The van der Waals surface area contributed by atoms with Gasteiger partial charge in [-0.05, 0) is 54.1 Å². The van der Waals surface area contributed by atoms with Crippen molar-refractivity contribution in [2.45, 2.75) is 32.4 Å². The van der Waals surface area contributed by atoms with Crippen LogP contribution in [0.15, 0.2) is 46.6 Å². The smallest absolute Gasteiger partial charge is 0.303 e. The second-order valence-electron chi connectivity index (χ2n) is 6.44. The zero-order valence-corrected chi connectivity index (χ0v) is 14.4. The standard InChI is InChI=1S/C18H20N2O2Si/c1-12-5-7-14-16(10-12)23(2,9-3-4-18(21)22)17-11-13(19)6-8-15(17)20-14/h5-8,10-11,19H,3-4,9H2,1-2H3,(H,21,22). The molecule has 0 saturated carbocycles. The van der Waals surface area contributed by atoms with E-state index >= 15 is 0 Å². The van der Waals surface area contributed by atoms with Crippen molar-refractivity contribution in [1.82, 2.24) is 0 Å². The molecule has 1 aliphatic heterocycles. The summed E-state index contributed by atoms with van der Waals surface area (Å²) in [6.07, 6.45) is 6.47. The van der Waals surface area contributed by atoms with Gasteiger partial charge in [0.25, 0.3) is 0 Å². The minimum Gasteiger partial charge on any atom is -0.481 e. The molecular weight excluding hydrogens is 304 g/mol. The predicted molar refractivity (Wildman–Crippen MR) is 96.2 cm³/mol. The lowest BCUT2D eigenvalue weighted by Crippen LogP contribution is -2.52. The van der Waals surface area contributed by atoms with Crippen LogP contribution in [0, 0.1) is 12.3 Å². The highest BCUT2D eigenvalue weighted by Crippen LogP contribution is 2.34. The van der Waals surface area contributed by atoms with Crippen molar-refractivity contribution in [3.8, 4) is 0 Å². The monoisotopic (exact) mass is 324 g/mol. The molecule has 118 valence electrons. The molecule has 0 aromatic heterocycles. The molecule has 1 heterocycles. The minimum absolute atomic E-state index is 0.191. The number of benzene rings is 1. The highest BCUT2D eigenvalue weighted by molar-refractivity contribution is 7.02. The Balaban J connectivity index is 2.10. The second kappa shape index (κ2) is 5.74. The zero-order valence-electron chi connectivity index (χ0n) is 13.4. The highest BCUT2D eigenvalue weighted by atomic mass is 28.3. The first-order valence-corrected chi connectivity index (χ1v) is 10.5. The first-order valence-electron chi connectivity index (χ1n) is 7.81. The molecule has 0 saturated heterocycles. The van der Waals surface area contributed by atoms with Gasteiger partial charge in [-0.2, -0.15) is 0 Å². The lowest BCUT2D eigenvalue weighted by atomic mass is 10.1. The normalized spacial score (nSPS) is 22.1. The van der Waals surface area contributed by atoms with Crippen LogP contribution in [0.1, 0.15) is 18.4 Å². The summed E-state index contributed by atoms with van der Waals surface area (Å²) in [6.45, 7) is 4.35. The SMILES string of the molecule is Cc1ccc2c(c1)[Si](C)(CCCC(=O)O)C1=CC(=N)C=CC1=N2. The zero-order chi connectivity index (χ0) is 16.6. The second-order valence-corrected chi connectivity index (χ2v) is 10.7. The van der Waals surface area contributed by atoms with Crippen molar-refractivity contribution < 1.29 is 9.90 Å². The Morgan fingerprint density at radius 3 is 2.87 bits per heavy atom. The van der Waals surface area contributed by atoms with Crippen molar-refractivity contribution >= 4 is 36.3 Å². The molecule has 1 aromatic carbocycles. The highest BCUT2D eigenvalue weighted by Gasteiger charge is 2.40. The molecule has 5 heteroatoms. The Hall–Kier alpha value is -2.27. The molecule has 4 nitrogen and oxygen atoms in total. The van der Waals surface area contributed by atoms with Crippen LogP contribution < -0.4 is 5.19 Å². The van der Waals surface area contributed by atoms with Crippen molar-refractivity contribution in [1.29, 1.82) is 5.41 Å². The molecule has 23 heavy (non-hydrogen) atoms. The van der Waals surface area contributed by atoms with E-state index in [0.29, 0.717) is 12.1 Å². The summed E-state index contributed by atoms with van der Waals surface area (Å²) in [7, 11) is -2.08. The number of aliphatic imine (C=N–C) groups is 1. The molecule has 1 aliphatic carbocycles. The number of carbonyl (C=O) groups is 1. The molecule has 2 N–H and O–H groups in total. The summed E-state index contributed by atoms with van der Waals surface area (Å²) in [6, 6.07) is 7.19. The first kappa shape index (κ1) is 15.6. The number of hydrogen-bond acceptors (Lipinski definition) is 3. The third-order valence-electron chi connectivity index (χ3n) is 4.65. The van der Waals surface area contributed by atoms with Crippen LogP contribution in [0.25, 0.3) is 0 Å². The molecule has 0 spiro atoms. The maximum absolute atomic E-state index is 10.9. The van der Waals surface area contributed by atoms with Crippen molar-refractivity contribution in [3.05, 3.63) is 47.2 Å². The summed E-state index contributed by atoms with van der Waals surface area (Å²) < 4.78 is 0. The molecule has 1 aromatic rings. The summed E-state index contributed by atoms with van der Waals surface area (Å²) in [4.78, 5) is 15.7. The number of nitrogens with zero attached hydrogens (tertiary/aromatic N) is 1. The minimum atomic E-state index is -2.08. The molecule has 1 unspecified atom stereocenters. The van der Waals surface area contributed by atoms with Gasteiger partial charge in [0, 0.05) is 6.42 Å². The van der Waals surface area contributed by atoms with E-state index in [-0.39, 0.29) is 6.42 Å². The van der Waals surface area contributed by atoms with Crippen LogP contribution in [0.2, 0.25) is 12.6 Å². The summed E-state index contributed by atoms with van der Waals surface area (Å²) >= 11 is 0. The molecule has 0 fully saturated rings. The number of hydrogen-bond donors (Lipinski definition) is 2. The van der Waals surface area contributed by atoms with Crippen molar-refractivity contribution in [3.63, 3.8) is 0 Å². The van der Waals surface area contributed by atoms with E-state index < -0.39 is 14.0 Å². The number of nitrogens with one attached hydrogen (secondary N) is 1. The number of aryl methyl sites for hydroxylation is 1. The molecular formula is C18H20N2O2Si. The van der Waals surface area contributed by atoms with Crippen LogP contribution in [0.5, 0.6) is 0 Å². The third-order valence-corrected chi connectivity index (χ3v) is 9.18. The van der Waals surface area contributed by atoms with E-state index in [0.717, 1.165) is 22.6 Å². The average molecular weight is 324 g/mol. The van der Waals surface area contributed by atoms with Crippen LogP contribution in [0.4, 0.5) is 5.69 Å². The van der Waals surface area contributed by atoms with E-state index in [1.807, 2.05) is 12.2 Å². The van der Waals surface area contributed by atoms with Crippen molar-refractivity contribution in [2.24, 2.45) is 4.99 Å². The maximum Gasteiger partial charge on any atom is 0.303 e. The number of rotatable bonds is 4. The Kier molecular flexibility index (Phi) is 3.89. The van der Waals surface area contributed by atoms with Gasteiger partial charge in [0.15, 0.2) is 0 Å². The van der Waals surface area contributed by atoms with Crippen LogP contribution in [0.3, 0.4) is 0 Å². The topological polar surface area (TPSA) is 73.5 Å². The van der Waals surface area contributed by atoms with Gasteiger partial charge >= 0.3 is 5.97 Å². The summed E-state index contributed by atoms with van der Waals surface area (Å²) in [5, 5.41) is 19.4. The Morgan fingerprint density at radius 1 is 1.35 bits per heavy atom. The number of carboxylic acid groups (broad SMARTS) is 1. The number of aliphatic carboxylic acids is 1.